The molecule has 0 radical (unpaired) electrons. The Morgan fingerprint density at radius 1 is 1.13 bits per heavy atom. The zero-order chi connectivity index (χ0) is 21.7. The number of benzene rings is 2. The third-order valence-corrected chi connectivity index (χ3v) is 6.63. The number of nitrogens with zero attached hydrogens (tertiary/aromatic N) is 3. The van der Waals surface area contributed by atoms with Crippen LogP contribution >= 0.6 is 27.3 Å². The lowest BCUT2D eigenvalue weighted by molar-refractivity contribution is 0.0970. The highest BCUT2D eigenvalue weighted by Gasteiger charge is 2.45. The number of aromatic nitrogens is 2. The predicted octanol–water partition coefficient (Wildman–Crippen LogP) is 5.36. The molecule has 0 fully saturated rings. The number of fused-ring (bicyclic) bond motifs is 2. The van der Waals surface area contributed by atoms with E-state index in [2.05, 4.69) is 40.0 Å². The summed E-state index contributed by atoms with van der Waals surface area (Å²) in [6.07, 6.45) is 0.776. The Bertz CT molecular complexity index is 1360. The van der Waals surface area contributed by atoms with Gasteiger partial charge in [0.1, 0.15) is 10.6 Å². The number of rotatable bonds is 4. The van der Waals surface area contributed by atoms with Crippen LogP contribution in [0.25, 0.3) is 11.0 Å². The van der Waals surface area contributed by atoms with E-state index in [0.717, 1.165) is 21.5 Å². The molecule has 1 aliphatic heterocycles. The first-order chi connectivity index (χ1) is 14.9. The molecule has 0 N–H and O–H groups in total. The van der Waals surface area contributed by atoms with Gasteiger partial charge in [-0.3, -0.25) is 14.5 Å². The molecule has 1 atom stereocenters. The molecule has 1 aliphatic rings. The smallest absolute Gasteiger partial charge is 0.297 e. The molecule has 31 heavy (non-hydrogen) atoms. The normalized spacial score (nSPS) is 15.8. The SMILES string of the molecule is CC(C)Cc1nnc(N2C(=O)c3oc4ccc(Br)cc4c(=O)c3[C@H]2c2ccccc2)s1. The fourth-order valence-electron chi connectivity index (χ4n) is 3.87. The molecule has 0 bridgehead atoms. The molecule has 5 rings (SSSR count). The number of hydrogen-bond donors (Lipinski definition) is 0. The van der Waals surface area contributed by atoms with E-state index in [1.807, 2.05) is 30.3 Å². The van der Waals surface area contributed by atoms with Crippen LogP contribution in [0, 0.1) is 5.92 Å². The first kappa shape index (κ1) is 20.1. The summed E-state index contributed by atoms with van der Waals surface area (Å²) in [6, 6.07) is 14.1. The molecule has 6 nitrogen and oxygen atoms in total. The Morgan fingerprint density at radius 2 is 1.90 bits per heavy atom. The van der Waals surface area contributed by atoms with Crippen LogP contribution in [0.5, 0.6) is 0 Å². The summed E-state index contributed by atoms with van der Waals surface area (Å²) in [5.41, 5.74) is 1.32. The minimum atomic E-state index is -0.622. The minimum absolute atomic E-state index is 0.0642. The lowest BCUT2D eigenvalue weighted by Gasteiger charge is -2.21. The van der Waals surface area contributed by atoms with Gasteiger partial charge < -0.3 is 4.42 Å². The van der Waals surface area contributed by atoms with E-state index in [1.54, 1.807) is 23.1 Å². The van der Waals surface area contributed by atoms with Gasteiger partial charge in [0.05, 0.1) is 17.0 Å². The van der Waals surface area contributed by atoms with E-state index in [0.29, 0.717) is 27.6 Å². The van der Waals surface area contributed by atoms with Gasteiger partial charge in [-0.15, -0.1) is 10.2 Å². The highest BCUT2D eigenvalue weighted by atomic mass is 79.9. The maximum atomic E-state index is 13.5. The second-order valence-electron chi connectivity index (χ2n) is 7.88. The number of anilines is 1. The molecule has 0 aliphatic carbocycles. The van der Waals surface area contributed by atoms with Crippen LogP contribution in [0.3, 0.4) is 0 Å². The summed E-state index contributed by atoms with van der Waals surface area (Å²) in [5.74, 6) is 0.108. The summed E-state index contributed by atoms with van der Waals surface area (Å²) in [5, 5.41) is 10.3. The summed E-state index contributed by atoms with van der Waals surface area (Å²) in [4.78, 5) is 28.6. The minimum Gasteiger partial charge on any atom is -0.450 e. The van der Waals surface area contributed by atoms with Gasteiger partial charge in [0, 0.05) is 10.9 Å². The van der Waals surface area contributed by atoms with E-state index in [-0.39, 0.29) is 17.1 Å². The molecule has 2 aromatic carbocycles. The van der Waals surface area contributed by atoms with Crippen molar-refractivity contribution in [3.8, 4) is 0 Å². The second kappa shape index (κ2) is 7.69. The van der Waals surface area contributed by atoms with Crippen LogP contribution in [0.1, 0.15) is 46.6 Å². The van der Waals surface area contributed by atoms with Crippen molar-refractivity contribution in [2.45, 2.75) is 26.3 Å². The van der Waals surface area contributed by atoms with Crippen molar-refractivity contribution < 1.29 is 9.21 Å². The zero-order valence-corrected chi connectivity index (χ0v) is 19.2. The average molecular weight is 496 g/mol. The van der Waals surface area contributed by atoms with Gasteiger partial charge in [-0.05, 0) is 29.7 Å². The number of hydrogen-bond acceptors (Lipinski definition) is 6. The van der Waals surface area contributed by atoms with Gasteiger partial charge in [0.15, 0.2) is 5.43 Å². The molecule has 8 heteroatoms. The first-order valence-electron chi connectivity index (χ1n) is 9.91. The fraction of sp³-hybridized carbons (Fsp3) is 0.217. The fourth-order valence-corrected chi connectivity index (χ4v) is 5.31. The van der Waals surface area contributed by atoms with Crippen molar-refractivity contribution >= 4 is 49.3 Å². The van der Waals surface area contributed by atoms with Crippen molar-refractivity contribution in [3.63, 3.8) is 0 Å². The van der Waals surface area contributed by atoms with Crippen LogP contribution in [-0.2, 0) is 6.42 Å². The van der Waals surface area contributed by atoms with Crippen LogP contribution < -0.4 is 10.3 Å². The lowest BCUT2D eigenvalue weighted by atomic mass is 9.99. The van der Waals surface area contributed by atoms with Crippen LogP contribution in [0.4, 0.5) is 5.13 Å². The summed E-state index contributed by atoms with van der Waals surface area (Å²) >= 11 is 4.79. The van der Waals surface area contributed by atoms with E-state index in [4.69, 9.17) is 4.42 Å². The Balaban J connectivity index is 1.74. The molecule has 4 aromatic rings. The second-order valence-corrected chi connectivity index (χ2v) is 9.84. The van der Waals surface area contributed by atoms with Crippen LogP contribution in [-0.4, -0.2) is 16.1 Å². The standard InChI is InChI=1S/C23H18BrN3O3S/c1-12(2)10-17-25-26-23(31-17)27-19(13-6-4-3-5-7-13)18-20(28)15-11-14(24)8-9-16(15)30-21(18)22(27)29/h3-9,11-12,19H,10H2,1-2H3/t19-/m1/s1. The molecule has 0 spiro atoms. The lowest BCUT2D eigenvalue weighted by Crippen LogP contribution is -2.29. The van der Waals surface area contributed by atoms with E-state index in [1.165, 1.54) is 11.3 Å². The highest BCUT2D eigenvalue weighted by Crippen LogP contribution is 2.42. The maximum absolute atomic E-state index is 13.5. The van der Waals surface area contributed by atoms with Crippen molar-refractivity contribution in [3.05, 3.63) is 85.1 Å². The Labute approximate surface area is 190 Å². The monoisotopic (exact) mass is 495 g/mol. The molecule has 0 saturated heterocycles. The third kappa shape index (κ3) is 3.40. The molecular formula is C23H18BrN3O3S. The number of carbonyl (C=O) groups is 1. The molecule has 2 aromatic heterocycles. The van der Waals surface area contributed by atoms with Gasteiger partial charge in [-0.2, -0.15) is 0 Å². The van der Waals surface area contributed by atoms with Crippen molar-refractivity contribution in [1.82, 2.24) is 10.2 Å². The highest BCUT2D eigenvalue weighted by molar-refractivity contribution is 9.10. The van der Waals surface area contributed by atoms with E-state index in [9.17, 15) is 9.59 Å². The van der Waals surface area contributed by atoms with Gasteiger partial charge in [0.25, 0.3) is 5.91 Å². The molecule has 1 amide bonds. The largest absolute Gasteiger partial charge is 0.450 e. The van der Waals surface area contributed by atoms with Gasteiger partial charge in [-0.25, -0.2) is 0 Å². The Kier molecular flexibility index (Phi) is 4.98. The third-order valence-electron chi connectivity index (χ3n) is 5.19. The number of halogens is 1. The predicted molar refractivity (Wildman–Crippen MR) is 124 cm³/mol. The molecule has 0 unspecified atom stereocenters. The Hall–Kier alpha value is -2.84. The first-order valence-corrected chi connectivity index (χ1v) is 11.5. The van der Waals surface area contributed by atoms with Crippen molar-refractivity contribution in [2.24, 2.45) is 5.92 Å². The van der Waals surface area contributed by atoms with Gasteiger partial charge in [0.2, 0.25) is 10.9 Å². The zero-order valence-electron chi connectivity index (χ0n) is 16.8. The van der Waals surface area contributed by atoms with Gasteiger partial charge in [-0.1, -0.05) is 71.4 Å². The van der Waals surface area contributed by atoms with Gasteiger partial charge >= 0.3 is 0 Å². The summed E-state index contributed by atoms with van der Waals surface area (Å²) in [6.45, 7) is 4.22. The maximum Gasteiger partial charge on any atom is 0.297 e. The van der Waals surface area contributed by atoms with Crippen LogP contribution in [0.15, 0.2) is 62.2 Å². The topological polar surface area (TPSA) is 76.3 Å². The van der Waals surface area contributed by atoms with E-state index >= 15 is 0 Å². The van der Waals surface area contributed by atoms with E-state index < -0.39 is 6.04 Å². The molecule has 156 valence electrons. The average Bonchev–Trinajstić information content (AvgIpc) is 3.31. The Morgan fingerprint density at radius 3 is 2.65 bits per heavy atom. The quantitative estimate of drug-likeness (QED) is 0.381. The molecule has 3 heterocycles. The summed E-state index contributed by atoms with van der Waals surface area (Å²) in [7, 11) is 0. The van der Waals surface area contributed by atoms with Crippen LogP contribution in [0.2, 0.25) is 0 Å². The number of amides is 1. The number of carbonyl (C=O) groups excluding carboxylic acids is 1. The molecular weight excluding hydrogens is 478 g/mol. The summed E-state index contributed by atoms with van der Waals surface area (Å²) < 4.78 is 6.74. The van der Waals surface area contributed by atoms with Crippen molar-refractivity contribution in [2.75, 3.05) is 4.90 Å². The van der Waals surface area contributed by atoms with Crippen molar-refractivity contribution in [1.29, 1.82) is 0 Å². The molecule has 0 saturated carbocycles.